The summed E-state index contributed by atoms with van der Waals surface area (Å²) in [6.45, 7) is 0. The fraction of sp³-hybridized carbons (Fsp3) is 0.250. The quantitative estimate of drug-likeness (QED) is 0.858. The molecule has 84 valence electrons. The van der Waals surface area contributed by atoms with E-state index in [-0.39, 0.29) is 6.42 Å². The zero-order valence-electron chi connectivity index (χ0n) is 8.66. The number of para-hydroxylation sites is 1. The number of halogens is 1. The SMILES string of the molecule is O=C(O)CCCc1c(Cl)[nH]c2ccccc12. The van der Waals surface area contributed by atoms with E-state index in [0.29, 0.717) is 18.0 Å². The summed E-state index contributed by atoms with van der Waals surface area (Å²) in [6, 6.07) is 7.85. The van der Waals surface area contributed by atoms with Crippen molar-refractivity contribution in [3.8, 4) is 0 Å². The van der Waals surface area contributed by atoms with Crippen molar-refractivity contribution in [1.82, 2.24) is 4.98 Å². The lowest BCUT2D eigenvalue weighted by atomic mass is 10.1. The Hall–Kier alpha value is -1.48. The first kappa shape index (κ1) is 11.0. The van der Waals surface area contributed by atoms with E-state index in [4.69, 9.17) is 16.7 Å². The summed E-state index contributed by atoms with van der Waals surface area (Å²) < 4.78 is 0. The normalized spacial score (nSPS) is 10.8. The zero-order chi connectivity index (χ0) is 11.5. The van der Waals surface area contributed by atoms with Crippen LogP contribution in [-0.2, 0) is 11.2 Å². The molecule has 0 atom stereocenters. The van der Waals surface area contributed by atoms with Crippen LogP contribution in [-0.4, -0.2) is 16.1 Å². The van der Waals surface area contributed by atoms with Gasteiger partial charge in [0.2, 0.25) is 0 Å². The summed E-state index contributed by atoms with van der Waals surface area (Å²) in [5, 5.41) is 10.3. The van der Waals surface area contributed by atoms with Gasteiger partial charge in [0, 0.05) is 17.3 Å². The van der Waals surface area contributed by atoms with E-state index in [0.717, 1.165) is 16.5 Å². The van der Waals surface area contributed by atoms with Crippen LogP contribution in [0, 0.1) is 0 Å². The standard InChI is InChI=1S/C12H12ClNO2/c13-12-9(5-3-7-11(15)16)8-4-1-2-6-10(8)14-12/h1-2,4,6,14H,3,5,7H2,(H,15,16). The fourth-order valence-corrected chi connectivity index (χ4v) is 2.13. The molecule has 1 heterocycles. The van der Waals surface area contributed by atoms with Gasteiger partial charge in [0.1, 0.15) is 5.15 Å². The molecule has 0 radical (unpaired) electrons. The van der Waals surface area contributed by atoms with E-state index in [1.807, 2.05) is 24.3 Å². The Labute approximate surface area is 98.0 Å². The minimum Gasteiger partial charge on any atom is -0.481 e. The molecule has 0 aliphatic carbocycles. The number of nitrogens with one attached hydrogen (secondary N) is 1. The summed E-state index contributed by atoms with van der Waals surface area (Å²) in [7, 11) is 0. The number of rotatable bonds is 4. The predicted octanol–water partition coefficient (Wildman–Crippen LogP) is 3.23. The minimum absolute atomic E-state index is 0.176. The topological polar surface area (TPSA) is 53.1 Å². The molecular weight excluding hydrogens is 226 g/mol. The molecule has 0 amide bonds. The van der Waals surface area contributed by atoms with Crippen molar-refractivity contribution in [2.75, 3.05) is 0 Å². The van der Waals surface area contributed by atoms with Crippen molar-refractivity contribution in [3.05, 3.63) is 35.0 Å². The van der Waals surface area contributed by atoms with Crippen molar-refractivity contribution in [3.63, 3.8) is 0 Å². The minimum atomic E-state index is -0.768. The van der Waals surface area contributed by atoms with Gasteiger partial charge in [-0.1, -0.05) is 29.8 Å². The number of aromatic amines is 1. The van der Waals surface area contributed by atoms with Crippen LogP contribution in [0.1, 0.15) is 18.4 Å². The molecule has 1 aromatic carbocycles. The average molecular weight is 238 g/mol. The highest BCUT2D eigenvalue weighted by atomic mass is 35.5. The molecule has 2 aromatic rings. The molecular formula is C12H12ClNO2. The Bertz CT molecular complexity index is 519. The maximum absolute atomic E-state index is 10.4. The van der Waals surface area contributed by atoms with Crippen molar-refractivity contribution in [2.45, 2.75) is 19.3 Å². The highest BCUT2D eigenvalue weighted by molar-refractivity contribution is 6.31. The molecule has 4 heteroatoms. The summed E-state index contributed by atoms with van der Waals surface area (Å²) >= 11 is 6.08. The number of carboxylic acids is 1. The van der Waals surface area contributed by atoms with E-state index in [2.05, 4.69) is 4.98 Å². The van der Waals surface area contributed by atoms with E-state index in [1.165, 1.54) is 0 Å². The Kier molecular flexibility index (Phi) is 3.15. The second kappa shape index (κ2) is 4.58. The number of carboxylic acid groups (broad SMARTS) is 1. The second-order valence-corrected chi connectivity index (χ2v) is 4.09. The van der Waals surface area contributed by atoms with Gasteiger partial charge in [-0.25, -0.2) is 0 Å². The number of hydrogen-bond donors (Lipinski definition) is 2. The molecule has 3 nitrogen and oxygen atoms in total. The number of benzene rings is 1. The molecule has 2 N–H and O–H groups in total. The summed E-state index contributed by atoms with van der Waals surface area (Å²) in [6.07, 6.45) is 1.47. The first-order valence-corrected chi connectivity index (χ1v) is 5.53. The maximum Gasteiger partial charge on any atom is 0.303 e. The number of aliphatic carboxylic acids is 1. The van der Waals surface area contributed by atoms with Crippen LogP contribution in [0.2, 0.25) is 5.15 Å². The van der Waals surface area contributed by atoms with Crippen LogP contribution in [0.4, 0.5) is 0 Å². The van der Waals surface area contributed by atoms with Gasteiger partial charge in [0.25, 0.3) is 0 Å². The number of H-pyrrole nitrogens is 1. The third-order valence-electron chi connectivity index (χ3n) is 2.58. The molecule has 0 aliphatic heterocycles. The van der Waals surface area contributed by atoms with Gasteiger partial charge < -0.3 is 10.1 Å². The largest absolute Gasteiger partial charge is 0.481 e. The molecule has 2 rings (SSSR count). The number of aryl methyl sites for hydroxylation is 1. The van der Waals surface area contributed by atoms with E-state index >= 15 is 0 Å². The van der Waals surface area contributed by atoms with Gasteiger partial charge in [-0.05, 0) is 24.5 Å². The molecule has 1 aromatic heterocycles. The van der Waals surface area contributed by atoms with Crippen LogP contribution in [0.5, 0.6) is 0 Å². The van der Waals surface area contributed by atoms with E-state index in [1.54, 1.807) is 0 Å². The second-order valence-electron chi connectivity index (χ2n) is 3.71. The Balaban J connectivity index is 2.22. The Morgan fingerprint density at radius 2 is 2.12 bits per heavy atom. The molecule has 0 bridgehead atoms. The first-order chi connectivity index (χ1) is 7.68. The van der Waals surface area contributed by atoms with Crippen molar-refractivity contribution in [2.24, 2.45) is 0 Å². The van der Waals surface area contributed by atoms with Gasteiger partial charge >= 0.3 is 5.97 Å². The van der Waals surface area contributed by atoms with Crippen LogP contribution >= 0.6 is 11.6 Å². The van der Waals surface area contributed by atoms with Crippen molar-refractivity contribution < 1.29 is 9.90 Å². The molecule has 0 unspecified atom stereocenters. The third kappa shape index (κ3) is 2.19. The molecule has 0 aliphatic rings. The highest BCUT2D eigenvalue weighted by Gasteiger charge is 2.09. The molecule has 16 heavy (non-hydrogen) atoms. The molecule has 0 spiro atoms. The summed E-state index contributed by atoms with van der Waals surface area (Å²) in [4.78, 5) is 13.5. The number of aromatic nitrogens is 1. The number of carbonyl (C=O) groups is 1. The lowest BCUT2D eigenvalue weighted by Crippen LogP contribution is -1.95. The predicted molar refractivity (Wildman–Crippen MR) is 63.9 cm³/mol. The zero-order valence-corrected chi connectivity index (χ0v) is 9.42. The van der Waals surface area contributed by atoms with Gasteiger partial charge in [-0.2, -0.15) is 0 Å². The van der Waals surface area contributed by atoms with Crippen LogP contribution in [0.15, 0.2) is 24.3 Å². The van der Waals surface area contributed by atoms with Crippen LogP contribution in [0.25, 0.3) is 10.9 Å². The summed E-state index contributed by atoms with van der Waals surface area (Å²) in [5.74, 6) is -0.768. The van der Waals surface area contributed by atoms with Crippen LogP contribution < -0.4 is 0 Å². The van der Waals surface area contributed by atoms with Crippen LogP contribution in [0.3, 0.4) is 0 Å². The van der Waals surface area contributed by atoms with Crippen molar-refractivity contribution in [1.29, 1.82) is 0 Å². The first-order valence-electron chi connectivity index (χ1n) is 5.15. The monoisotopic (exact) mass is 237 g/mol. The van der Waals surface area contributed by atoms with Gasteiger partial charge in [-0.15, -0.1) is 0 Å². The number of fused-ring (bicyclic) bond motifs is 1. The lowest BCUT2D eigenvalue weighted by Gasteiger charge is -1.98. The third-order valence-corrected chi connectivity index (χ3v) is 2.90. The Morgan fingerprint density at radius 3 is 2.88 bits per heavy atom. The van der Waals surface area contributed by atoms with Crippen molar-refractivity contribution >= 4 is 28.5 Å². The van der Waals surface area contributed by atoms with Gasteiger partial charge in [-0.3, -0.25) is 4.79 Å². The molecule has 0 saturated heterocycles. The smallest absolute Gasteiger partial charge is 0.303 e. The van der Waals surface area contributed by atoms with Gasteiger partial charge in [0.05, 0.1) is 0 Å². The summed E-state index contributed by atoms with van der Waals surface area (Å²) in [5.41, 5.74) is 2.01. The average Bonchev–Trinajstić information content (AvgIpc) is 2.55. The molecule has 0 fully saturated rings. The van der Waals surface area contributed by atoms with Gasteiger partial charge in [0.15, 0.2) is 0 Å². The maximum atomic E-state index is 10.4. The highest BCUT2D eigenvalue weighted by Crippen LogP contribution is 2.27. The Morgan fingerprint density at radius 1 is 1.38 bits per heavy atom. The number of hydrogen-bond acceptors (Lipinski definition) is 1. The lowest BCUT2D eigenvalue weighted by molar-refractivity contribution is -0.137. The van der Waals surface area contributed by atoms with E-state index < -0.39 is 5.97 Å². The molecule has 0 saturated carbocycles. The van der Waals surface area contributed by atoms with E-state index in [9.17, 15) is 4.79 Å². The fourth-order valence-electron chi connectivity index (χ4n) is 1.83.